The maximum absolute atomic E-state index is 12.3. The second kappa shape index (κ2) is 4.85. The maximum Gasteiger partial charge on any atom is 0.165 e. The Balaban J connectivity index is 1.94. The Hall–Kier alpha value is -2.42. The van der Waals surface area contributed by atoms with Crippen LogP contribution in [0.1, 0.15) is 34.5 Å². The van der Waals surface area contributed by atoms with Crippen LogP contribution in [0.3, 0.4) is 0 Å². The van der Waals surface area contributed by atoms with Crippen LogP contribution in [0.25, 0.3) is 10.9 Å². The summed E-state index contributed by atoms with van der Waals surface area (Å²) in [5, 5.41) is 1.06. The van der Waals surface area contributed by atoms with Crippen LogP contribution >= 0.6 is 0 Å². The fraction of sp³-hybridized carbons (Fsp3) is 0.222. The number of nitrogens with zero attached hydrogens (tertiary/aromatic N) is 2. The zero-order valence-corrected chi connectivity index (χ0v) is 11.7. The number of carbonyl (C=O) groups is 1. The Bertz CT molecular complexity index is 818. The van der Waals surface area contributed by atoms with Crippen LogP contribution in [-0.2, 0) is 13.0 Å². The molecule has 3 nitrogen and oxygen atoms in total. The van der Waals surface area contributed by atoms with E-state index in [0.29, 0.717) is 6.42 Å². The third-order valence-corrected chi connectivity index (χ3v) is 4.25. The Morgan fingerprint density at radius 1 is 1.10 bits per heavy atom. The normalized spacial score (nSPS) is 14.4. The lowest BCUT2D eigenvalue weighted by Crippen LogP contribution is -2.13. The molecule has 0 atom stereocenters. The first-order valence-electron chi connectivity index (χ1n) is 7.37. The van der Waals surface area contributed by atoms with E-state index in [-0.39, 0.29) is 5.78 Å². The van der Waals surface area contributed by atoms with Crippen molar-refractivity contribution in [3.63, 3.8) is 0 Å². The van der Waals surface area contributed by atoms with Gasteiger partial charge in [-0.25, -0.2) is 0 Å². The van der Waals surface area contributed by atoms with Crippen molar-refractivity contribution in [2.45, 2.75) is 25.8 Å². The van der Waals surface area contributed by atoms with Gasteiger partial charge in [-0.2, -0.15) is 0 Å². The molecule has 2 aromatic heterocycles. The first-order valence-corrected chi connectivity index (χ1v) is 7.37. The second-order valence-corrected chi connectivity index (χ2v) is 5.56. The van der Waals surface area contributed by atoms with E-state index in [1.807, 2.05) is 18.3 Å². The molecule has 0 aliphatic heterocycles. The van der Waals surface area contributed by atoms with E-state index in [4.69, 9.17) is 0 Å². The highest BCUT2D eigenvalue weighted by molar-refractivity contribution is 6.10. The molecule has 0 bridgehead atoms. The van der Waals surface area contributed by atoms with Gasteiger partial charge in [0.05, 0.1) is 11.7 Å². The summed E-state index contributed by atoms with van der Waals surface area (Å²) < 4.78 is 2.27. The number of fused-ring (bicyclic) bond motifs is 3. The Morgan fingerprint density at radius 3 is 2.81 bits per heavy atom. The van der Waals surface area contributed by atoms with Gasteiger partial charge < -0.3 is 4.57 Å². The molecule has 1 aliphatic carbocycles. The number of hydrogen-bond donors (Lipinski definition) is 0. The minimum absolute atomic E-state index is 0.277. The molecule has 0 unspecified atom stereocenters. The number of pyridine rings is 1. The van der Waals surface area contributed by atoms with Crippen molar-refractivity contribution in [1.29, 1.82) is 0 Å². The average molecular weight is 276 g/mol. The summed E-state index contributed by atoms with van der Waals surface area (Å²) in [6.07, 6.45) is 6.24. The Morgan fingerprint density at radius 2 is 1.95 bits per heavy atom. The van der Waals surface area contributed by atoms with E-state index in [1.54, 1.807) is 6.20 Å². The monoisotopic (exact) mass is 276 g/mol. The smallest absolute Gasteiger partial charge is 0.165 e. The predicted octanol–water partition coefficient (Wildman–Crippen LogP) is 3.60. The molecular weight excluding hydrogens is 260 g/mol. The van der Waals surface area contributed by atoms with Crippen LogP contribution in [0.15, 0.2) is 48.8 Å². The number of ketones is 1. The molecule has 1 aromatic carbocycles. The molecule has 21 heavy (non-hydrogen) atoms. The van der Waals surface area contributed by atoms with E-state index in [1.165, 1.54) is 11.3 Å². The summed E-state index contributed by atoms with van der Waals surface area (Å²) in [7, 11) is 0. The molecule has 2 heterocycles. The summed E-state index contributed by atoms with van der Waals surface area (Å²) in [5.74, 6) is 0.277. The second-order valence-electron chi connectivity index (χ2n) is 5.56. The van der Waals surface area contributed by atoms with Crippen molar-refractivity contribution in [1.82, 2.24) is 9.55 Å². The fourth-order valence-electron chi connectivity index (χ4n) is 3.31. The first kappa shape index (κ1) is 12.3. The topological polar surface area (TPSA) is 34.9 Å². The summed E-state index contributed by atoms with van der Waals surface area (Å²) >= 11 is 0. The van der Waals surface area contributed by atoms with Crippen LogP contribution < -0.4 is 0 Å². The molecule has 104 valence electrons. The highest BCUT2D eigenvalue weighted by Gasteiger charge is 2.25. The molecule has 4 rings (SSSR count). The van der Waals surface area contributed by atoms with Crippen LogP contribution in [-0.4, -0.2) is 15.3 Å². The van der Waals surface area contributed by atoms with Gasteiger partial charge in [0, 0.05) is 35.8 Å². The van der Waals surface area contributed by atoms with Gasteiger partial charge in [0.1, 0.15) is 0 Å². The summed E-state index contributed by atoms with van der Waals surface area (Å²) in [5.41, 5.74) is 4.42. The standard InChI is InChI=1S/C18H16N2O/c21-17-8-4-7-15-18(17)14-9-10-19-11-16(14)20(15)12-13-5-2-1-3-6-13/h1-3,5-6,9-11H,4,7-8,12H2. The molecule has 3 aromatic rings. The van der Waals surface area contributed by atoms with Gasteiger partial charge in [0.15, 0.2) is 5.78 Å². The minimum Gasteiger partial charge on any atom is -0.338 e. The first-order chi connectivity index (χ1) is 10.3. The van der Waals surface area contributed by atoms with E-state index >= 15 is 0 Å². The lowest BCUT2D eigenvalue weighted by molar-refractivity contribution is 0.0973. The molecule has 0 fully saturated rings. The van der Waals surface area contributed by atoms with Gasteiger partial charge >= 0.3 is 0 Å². The molecule has 0 amide bonds. The number of hydrogen-bond acceptors (Lipinski definition) is 2. The number of aromatic nitrogens is 2. The lowest BCUT2D eigenvalue weighted by Gasteiger charge is -2.15. The van der Waals surface area contributed by atoms with Gasteiger partial charge in [-0.05, 0) is 24.5 Å². The zero-order valence-electron chi connectivity index (χ0n) is 11.7. The van der Waals surface area contributed by atoms with Gasteiger partial charge in [-0.1, -0.05) is 30.3 Å². The van der Waals surface area contributed by atoms with E-state index < -0.39 is 0 Å². The Labute approximate surface area is 123 Å². The number of Topliss-reactive ketones (excluding diaryl/α,β-unsaturated/α-hetero) is 1. The van der Waals surface area contributed by atoms with Gasteiger partial charge in [0.25, 0.3) is 0 Å². The molecule has 0 spiro atoms. The minimum atomic E-state index is 0.277. The van der Waals surface area contributed by atoms with Crippen LogP contribution in [0, 0.1) is 0 Å². The van der Waals surface area contributed by atoms with E-state index in [0.717, 1.165) is 35.9 Å². The largest absolute Gasteiger partial charge is 0.338 e. The van der Waals surface area contributed by atoms with Crippen molar-refractivity contribution < 1.29 is 4.79 Å². The molecule has 3 heteroatoms. The Kier molecular flexibility index (Phi) is 2.85. The van der Waals surface area contributed by atoms with E-state index in [9.17, 15) is 4.79 Å². The molecule has 0 saturated heterocycles. The molecular formula is C18H16N2O. The van der Waals surface area contributed by atoms with Crippen LogP contribution in [0.2, 0.25) is 0 Å². The number of carbonyl (C=O) groups excluding carboxylic acids is 1. The number of rotatable bonds is 2. The molecule has 0 N–H and O–H groups in total. The summed E-state index contributed by atoms with van der Waals surface area (Å²) in [4.78, 5) is 16.6. The van der Waals surface area contributed by atoms with Crippen molar-refractivity contribution in [2.24, 2.45) is 0 Å². The molecule has 0 saturated carbocycles. The van der Waals surface area contributed by atoms with Crippen LogP contribution in [0.4, 0.5) is 0 Å². The zero-order chi connectivity index (χ0) is 14.2. The lowest BCUT2D eigenvalue weighted by atomic mass is 9.94. The highest BCUT2D eigenvalue weighted by Crippen LogP contribution is 2.32. The maximum atomic E-state index is 12.3. The molecule has 1 aliphatic rings. The fourth-order valence-corrected chi connectivity index (χ4v) is 3.31. The summed E-state index contributed by atoms with van der Waals surface area (Å²) in [6.45, 7) is 0.797. The third kappa shape index (κ3) is 1.97. The average Bonchev–Trinajstić information content (AvgIpc) is 2.84. The van der Waals surface area contributed by atoms with Crippen LogP contribution in [0.5, 0.6) is 0 Å². The van der Waals surface area contributed by atoms with Gasteiger partial charge in [0.2, 0.25) is 0 Å². The van der Waals surface area contributed by atoms with Crippen molar-refractivity contribution in [3.8, 4) is 0 Å². The highest BCUT2D eigenvalue weighted by atomic mass is 16.1. The van der Waals surface area contributed by atoms with E-state index in [2.05, 4.69) is 33.8 Å². The van der Waals surface area contributed by atoms with Crippen molar-refractivity contribution in [3.05, 3.63) is 65.6 Å². The third-order valence-electron chi connectivity index (χ3n) is 4.25. The predicted molar refractivity (Wildman–Crippen MR) is 82.5 cm³/mol. The molecule has 0 radical (unpaired) electrons. The quantitative estimate of drug-likeness (QED) is 0.716. The summed E-state index contributed by atoms with van der Waals surface area (Å²) in [6, 6.07) is 12.4. The van der Waals surface area contributed by atoms with Crippen molar-refractivity contribution in [2.75, 3.05) is 0 Å². The number of benzene rings is 1. The van der Waals surface area contributed by atoms with Gasteiger partial charge in [-0.15, -0.1) is 0 Å². The van der Waals surface area contributed by atoms with Crippen molar-refractivity contribution >= 4 is 16.7 Å². The SMILES string of the molecule is O=C1CCCc2c1c1ccncc1n2Cc1ccccc1. The van der Waals surface area contributed by atoms with Gasteiger partial charge in [-0.3, -0.25) is 9.78 Å².